The average molecular weight is 229 g/mol. The number of hydrogen-bond acceptors (Lipinski definition) is 2. The predicted octanol–water partition coefficient (Wildman–Crippen LogP) is 3.69. The quantitative estimate of drug-likeness (QED) is 0.845. The van der Waals surface area contributed by atoms with E-state index >= 15 is 0 Å². The van der Waals surface area contributed by atoms with Crippen molar-refractivity contribution in [2.24, 2.45) is 0 Å². The van der Waals surface area contributed by atoms with E-state index in [-0.39, 0.29) is 0 Å². The van der Waals surface area contributed by atoms with Crippen LogP contribution in [0, 0.1) is 0 Å². The van der Waals surface area contributed by atoms with Gasteiger partial charge in [0.15, 0.2) is 0 Å². The fourth-order valence-electron chi connectivity index (χ4n) is 1.80. The molecule has 2 heteroatoms. The Morgan fingerprint density at radius 2 is 1.82 bits per heavy atom. The molecule has 0 saturated heterocycles. The van der Waals surface area contributed by atoms with E-state index in [2.05, 4.69) is 43.4 Å². The van der Waals surface area contributed by atoms with Gasteiger partial charge in [0, 0.05) is 18.2 Å². The van der Waals surface area contributed by atoms with E-state index in [1.54, 1.807) is 12.5 Å². The zero-order chi connectivity index (χ0) is 12.1. The smallest absolute Gasteiger partial charge is 0.0950 e. The molecule has 0 saturated carbocycles. The van der Waals surface area contributed by atoms with Crippen molar-refractivity contribution in [2.45, 2.75) is 32.9 Å². The summed E-state index contributed by atoms with van der Waals surface area (Å²) in [6, 6.07) is 11.1. The molecular formula is C15H19NO. The lowest BCUT2D eigenvalue weighted by Gasteiger charge is -2.12. The third kappa shape index (κ3) is 3.21. The van der Waals surface area contributed by atoms with Crippen molar-refractivity contribution in [2.75, 3.05) is 0 Å². The van der Waals surface area contributed by atoms with Gasteiger partial charge >= 0.3 is 0 Å². The van der Waals surface area contributed by atoms with E-state index in [0.717, 1.165) is 13.0 Å². The summed E-state index contributed by atoms with van der Waals surface area (Å²) >= 11 is 0. The number of nitrogens with one attached hydrogen (secondary N) is 1. The average Bonchev–Trinajstić information content (AvgIpc) is 2.90. The molecule has 2 aromatic rings. The number of benzene rings is 1. The van der Waals surface area contributed by atoms with Crippen molar-refractivity contribution >= 4 is 0 Å². The van der Waals surface area contributed by atoms with Crippen molar-refractivity contribution in [3.8, 4) is 0 Å². The monoisotopic (exact) mass is 229 g/mol. The van der Waals surface area contributed by atoms with Crippen molar-refractivity contribution in [3.05, 3.63) is 59.5 Å². The highest BCUT2D eigenvalue weighted by molar-refractivity contribution is 5.22. The Bertz CT molecular complexity index is 430. The van der Waals surface area contributed by atoms with Gasteiger partial charge in [0.1, 0.15) is 0 Å². The first kappa shape index (κ1) is 11.9. The maximum absolute atomic E-state index is 5.08. The second-order valence-electron chi connectivity index (χ2n) is 4.33. The molecule has 1 aromatic heterocycles. The maximum Gasteiger partial charge on any atom is 0.0950 e. The molecule has 0 aliphatic carbocycles. The molecule has 1 aromatic carbocycles. The normalized spacial score (nSPS) is 12.6. The zero-order valence-electron chi connectivity index (χ0n) is 10.4. The van der Waals surface area contributed by atoms with Crippen LogP contribution in [-0.2, 0) is 13.0 Å². The molecule has 0 radical (unpaired) electrons. The lowest BCUT2D eigenvalue weighted by molar-refractivity contribution is 0.538. The molecule has 2 rings (SSSR count). The third-order valence-electron chi connectivity index (χ3n) is 3.09. The van der Waals surface area contributed by atoms with Crippen molar-refractivity contribution in [1.82, 2.24) is 5.32 Å². The standard InChI is InChI=1S/C15H19NO/c1-3-13-4-6-14(7-5-13)10-16-12(2)15-8-9-17-11-15/h4-9,11-12,16H,3,10H2,1-2H3. The summed E-state index contributed by atoms with van der Waals surface area (Å²) in [6.07, 6.45) is 4.60. The second kappa shape index (κ2) is 5.69. The Balaban J connectivity index is 1.89. The maximum atomic E-state index is 5.08. The molecule has 0 aliphatic heterocycles. The molecule has 0 spiro atoms. The van der Waals surface area contributed by atoms with Gasteiger partial charge in [-0.25, -0.2) is 0 Å². The molecule has 0 bridgehead atoms. The molecule has 2 nitrogen and oxygen atoms in total. The van der Waals surface area contributed by atoms with E-state index in [0.29, 0.717) is 6.04 Å². The molecule has 0 fully saturated rings. The number of furan rings is 1. The van der Waals surface area contributed by atoms with Gasteiger partial charge < -0.3 is 9.73 Å². The second-order valence-corrected chi connectivity index (χ2v) is 4.33. The minimum absolute atomic E-state index is 0.319. The van der Waals surface area contributed by atoms with Crippen LogP contribution < -0.4 is 5.32 Å². The lowest BCUT2D eigenvalue weighted by Crippen LogP contribution is -2.17. The minimum Gasteiger partial charge on any atom is -0.472 e. The Morgan fingerprint density at radius 1 is 1.12 bits per heavy atom. The van der Waals surface area contributed by atoms with E-state index in [4.69, 9.17) is 4.42 Å². The molecule has 1 atom stereocenters. The molecule has 1 heterocycles. The van der Waals surface area contributed by atoms with Crippen LogP contribution in [0.15, 0.2) is 47.3 Å². The van der Waals surface area contributed by atoms with Gasteiger partial charge in [-0.1, -0.05) is 31.2 Å². The predicted molar refractivity (Wildman–Crippen MR) is 69.8 cm³/mol. The van der Waals surface area contributed by atoms with Gasteiger partial charge in [-0.05, 0) is 30.5 Å². The molecular weight excluding hydrogens is 210 g/mol. The number of rotatable bonds is 5. The largest absolute Gasteiger partial charge is 0.472 e. The van der Waals surface area contributed by atoms with Crippen LogP contribution in [0.3, 0.4) is 0 Å². The fraction of sp³-hybridized carbons (Fsp3) is 0.333. The highest BCUT2D eigenvalue weighted by Crippen LogP contribution is 2.13. The van der Waals surface area contributed by atoms with Crippen LogP contribution in [0.5, 0.6) is 0 Å². The molecule has 0 amide bonds. The van der Waals surface area contributed by atoms with E-state index in [1.165, 1.54) is 16.7 Å². The van der Waals surface area contributed by atoms with Gasteiger partial charge in [-0.3, -0.25) is 0 Å². The van der Waals surface area contributed by atoms with Crippen LogP contribution in [0.2, 0.25) is 0 Å². The summed E-state index contributed by atoms with van der Waals surface area (Å²) in [4.78, 5) is 0. The Labute approximate surface area is 103 Å². The van der Waals surface area contributed by atoms with Gasteiger partial charge in [0.05, 0.1) is 12.5 Å². The summed E-state index contributed by atoms with van der Waals surface area (Å²) in [7, 11) is 0. The fourth-order valence-corrected chi connectivity index (χ4v) is 1.80. The van der Waals surface area contributed by atoms with Crippen LogP contribution in [-0.4, -0.2) is 0 Å². The van der Waals surface area contributed by atoms with E-state index < -0.39 is 0 Å². The van der Waals surface area contributed by atoms with Crippen molar-refractivity contribution in [1.29, 1.82) is 0 Å². The summed E-state index contributed by atoms with van der Waals surface area (Å²) in [5.41, 5.74) is 3.89. The first-order valence-corrected chi connectivity index (χ1v) is 6.13. The molecule has 90 valence electrons. The number of aryl methyl sites for hydroxylation is 1. The molecule has 17 heavy (non-hydrogen) atoms. The van der Waals surface area contributed by atoms with Crippen LogP contribution >= 0.6 is 0 Å². The van der Waals surface area contributed by atoms with Gasteiger partial charge in [-0.2, -0.15) is 0 Å². The minimum atomic E-state index is 0.319. The molecule has 1 N–H and O–H groups in total. The highest BCUT2D eigenvalue weighted by Gasteiger charge is 2.05. The number of hydrogen-bond donors (Lipinski definition) is 1. The van der Waals surface area contributed by atoms with Crippen LogP contribution in [0.1, 0.15) is 36.6 Å². The first-order valence-electron chi connectivity index (χ1n) is 6.13. The van der Waals surface area contributed by atoms with E-state index in [1.807, 2.05) is 6.07 Å². The van der Waals surface area contributed by atoms with Gasteiger partial charge in [-0.15, -0.1) is 0 Å². The summed E-state index contributed by atoms with van der Waals surface area (Å²) in [5.74, 6) is 0. The molecule has 1 unspecified atom stereocenters. The van der Waals surface area contributed by atoms with Crippen molar-refractivity contribution in [3.63, 3.8) is 0 Å². The zero-order valence-corrected chi connectivity index (χ0v) is 10.4. The topological polar surface area (TPSA) is 25.2 Å². The van der Waals surface area contributed by atoms with Crippen molar-refractivity contribution < 1.29 is 4.42 Å². The van der Waals surface area contributed by atoms with Gasteiger partial charge in [0.25, 0.3) is 0 Å². The lowest BCUT2D eigenvalue weighted by atomic mass is 10.1. The Kier molecular flexibility index (Phi) is 3.99. The van der Waals surface area contributed by atoms with Gasteiger partial charge in [0.2, 0.25) is 0 Å². The Morgan fingerprint density at radius 3 is 2.41 bits per heavy atom. The molecule has 0 aliphatic rings. The highest BCUT2D eigenvalue weighted by atomic mass is 16.3. The summed E-state index contributed by atoms with van der Waals surface area (Å²) < 4.78 is 5.08. The summed E-state index contributed by atoms with van der Waals surface area (Å²) in [5, 5.41) is 3.48. The van der Waals surface area contributed by atoms with Crippen LogP contribution in [0.4, 0.5) is 0 Å². The SMILES string of the molecule is CCc1ccc(CNC(C)c2ccoc2)cc1. The first-order chi connectivity index (χ1) is 8.29. The van der Waals surface area contributed by atoms with Crippen LogP contribution in [0.25, 0.3) is 0 Å². The third-order valence-corrected chi connectivity index (χ3v) is 3.09. The van der Waals surface area contributed by atoms with E-state index in [9.17, 15) is 0 Å². The summed E-state index contributed by atoms with van der Waals surface area (Å²) in [6.45, 7) is 5.20. The Hall–Kier alpha value is -1.54.